The summed E-state index contributed by atoms with van der Waals surface area (Å²) >= 11 is 4.83. The Bertz CT molecular complexity index is 664. The molecule has 0 spiro atoms. The molecule has 0 bridgehead atoms. The van der Waals surface area contributed by atoms with E-state index in [9.17, 15) is 13.2 Å². The quantitative estimate of drug-likeness (QED) is 0.850. The zero-order valence-corrected chi connectivity index (χ0v) is 11.9. The van der Waals surface area contributed by atoms with Crippen molar-refractivity contribution in [1.29, 1.82) is 0 Å². The Balaban J connectivity index is 2.36. The molecule has 2 aromatic rings. The van der Waals surface area contributed by atoms with Crippen LogP contribution >= 0.6 is 12.2 Å². The van der Waals surface area contributed by atoms with Gasteiger partial charge in [-0.3, -0.25) is 4.68 Å². The molecule has 1 heterocycles. The summed E-state index contributed by atoms with van der Waals surface area (Å²) in [5, 5.41) is 7.04. The number of benzene rings is 1. The van der Waals surface area contributed by atoms with Gasteiger partial charge in [-0.2, -0.15) is 18.3 Å². The molecule has 4 nitrogen and oxygen atoms in total. The van der Waals surface area contributed by atoms with Gasteiger partial charge in [-0.15, -0.1) is 0 Å². The summed E-state index contributed by atoms with van der Waals surface area (Å²) in [6.45, 7) is 2.62. The van der Waals surface area contributed by atoms with Gasteiger partial charge in [0, 0.05) is 24.0 Å². The van der Waals surface area contributed by atoms with Crippen molar-refractivity contribution in [3.05, 3.63) is 41.7 Å². The van der Waals surface area contributed by atoms with Crippen molar-refractivity contribution in [3.63, 3.8) is 0 Å². The van der Waals surface area contributed by atoms with Crippen LogP contribution < -0.4 is 11.1 Å². The number of hydrogen-bond donors (Lipinski definition) is 2. The molecular formula is C13H13F3N4S. The first-order valence-electron chi connectivity index (χ1n) is 6.11. The lowest BCUT2D eigenvalue weighted by Crippen LogP contribution is -2.14. The SMILES string of the molecule is CCn1cc(Nc2ccc(C(F)(F)F)cc2C(N)=S)cn1. The third-order valence-corrected chi connectivity index (χ3v) is 3.07. The number of nitrogens with zero attached hydrogens (tertiary/aromatic N) is 2. The van der Waals surface area contributed by atoms with E-state index in [-0.39, 0.29) is 10.6 Å². The summed E-state index contributed by atoms with van der Waals surface area (Å²) in [5.41, 5.74) is 5.92. The van der Waals surface area contributed by atoms with Gasteiger partial charge in [0.2, 0.25) is 0 Å². The molecule has 0 atom stereocenters. The summed E-state index contributed by atoms with van der Waals surface area (Å²) in [4.78, 5) is -0.105. The number of nitrogens with one attached hydrogen (secondary N) is 1. The van der Waals surface area contributed by atoms with Crippen LogP contribution in [0, 0.1) is 0 Å². The van der Waals surface area contributed by atoms with Gasteiger partial charge in [0.05, 0.1) is 17.4 Å². The van der Waals surface area contributed by atoms with Gasteiger partial charge in [-0.05, 0) is 25.1 Å². The van der Waals surface area contributed by atoms with Gasteiger partial charge in [-0.25, -0.2) is 0 Å². The first kappa shape index (κ1) is 15.3. The fourth-order valence-electron chi connectivity index (χ4n) is 1.79. The van der Waals surface area contributed by atoms with Crippen LogP contribution in [0.25, 0.3) is 0 Å². The Hall–Kier alpha value is -2.09. The second kappa shape index (κ2) is 5.72. The first-order valence-corrected chi connectivity index (χ1v) is 6.52. The smallest absolute Gasteiger partial charge is 0.389 e. The van der Waals surface area contributed by atoms with Crippen molar-refractivity contribution in [2.45, 2.75) is 19.6 Å². The lowest BCUT2D eigenvalue weighted by atomic mass is 10.1. The van der Waals surface area contributed by atoms with Crippen LogP contribution in [0.2, 0.25) is 0 Å². The van der Waals surface area contributed by atoms with Crippen molar-refractivity contribution >= 4 is 28.6 Å². The van der Waals surface area contributed by atoms with Crippen LogP contribution in [0.3, 0.4) is 0 Å². The number of rotatable bonds is 4. The van der Waals surface area contributed by atoms with E-state index in [1.807, 2.05) is 6.92 Å². The van der Waals surface area contributed by atoms with E-state index in [2.05, 4.69) is 10.4 Å². The summed E-state index contributed by atoms with van der Waals surface area (Å²) < 4.78 is 39.9. The molecule has 3 N–H and O–H groups in total. The maximum Gasteiger partial charge on any atom is 0.416 e. The molecule has 0 saturated heterocycles. The first-order chi connectivity index (χ1) is 9.81. The highest BCUT2D eigenvalue weighted by atomic mass is 32.1. The average Bonchev–Trinajstić information content (AvgIpc) is 2.85. The monoisotopic (exact) mass is 314 g/mol. The summed E-state index contributed by atoms with van der Waals surface area (Å²) in [7, 11) is 0. The van der Waals surface area contributed by atoms with E-state index in [0.29, 0.717) is 17.9 Å². The topological polar surface area (TPSA) is 55.9 Å². The number of aryl methyl sites for hydroxylation is 1. The van der Waals surface area contributed by atoms with Crippen LogP contribution in [0.15, 0.2) is 30.6 Å². The van der Waals surface area contributed by atoms with Gasteiger partial charge >= 0.3 is 6.18 Å². The molecule has 8 heteroatoms. The molecule has 1 aromatic carbocycles. The minimum absolute atomic E-state index is 0.105. The van der Waals surface area contributed by atoms with Crippen LogP contribution in [-0.2, 0) is 12.7 Å². The molecule has 0 aliphatic heterocycles. The second-order valence-corrected chi connectivity index (χ2v) is 4.77. The minimum atomic E-state index is -4.44. The van der Waals surface area contributed by atoms with E-state index in [1.54, 1.807) is 17.1 Å². The van der Waals surface area contributed by atoms with E-state index >= 15 is 0 Å². The van der Waals surface area contributed by atoms with Crippen molar-refractivity contribution < 1.29 is 13.2 Å². The predicted octanol–water partition coefficient (Wildman–Crippen LogP) is 3.30. The molecule has 0 saturated carbocycles. The molecule has 21 heavy (non-hydrogen) atoms. The molecule has 1 aromatic heterocycles. The lowest BCUT2D eigenvalue weighted by Gasteiger charge is -2.13. The fraction of sp³-hybridized carbons (Fsp3) is 0.231. The highest BCUT2D eigenvalue weighted by molar-refractivity contribution is 7.80. The van der Waals surface area contributed by atoms with Crippen molar-refractivity contribution in [2.24, 2.45) is 5.73 Å². The maximum absolute atomic E-state index is 12.7. The molecule has 0 amide bonds. The molecule has 0 aliphatic rings. The van der Waals surface area contributed by atoms with E-state index in [0.717, 1.165) is 12.1 Å². The standard InChI is InChI=1S/C13H13F3N4S/c1-2-20-7-9(6-18-20)19-11-4-3-8(13(14,15)16)5-10(11)12(17)21/h3-7,19H,2H2,1H3,(H2,17,21). The van der Waals surface area contributed by atoms with Crippen molar-refractivity contribution in [3.8, 4) is 0 Å². The number of hydrogen-bond acceptors (Lipinski definition) is 3. The Morgan fingerprint density at radius 2 is 2.14 bits per heavy atom. The zero-order chi connectivity index (χ0) is 15.6. The van der Waals surface area contributed by atoms with Crippen LogP contribution in [0.5, 0.6) is 0 Å². The maximum atomic E-state index is 12.7. The van der Waals surface area contributed by atoms with Gasteiger partial charge in [-0.1, -0.05) is 12.2 Å². The third-order valence-electron chi connectivity index (χ3n) is 2.85. The second-order valence-electron chi connectivity index (χ2n) is 4.33. The summed E-state index contributed by atoms with van der Waals surface area (Å²) in [5.74, 6) is 0. The molecular weight excluding hydrogens is 301 g/mol. The normalized spacial score (nSPS) is 11.4. The van der Waals surface area contributed by atoms with E-state index in [4.69, 9.17) is 18.0 Å². The molecule has 0 radical (unpaired) electrons. The third kappa shape index (κ3) is 3.52. The number of halogens is 3. The highest BCUT2D eigenvalue weighted by Gasteiger charge is 2.31. The fourth-order valence-corrected chi connectivity index (χ4v) is 1.96. The number of nitrogens with two attached hydrogens (primary N) is 1. The van der Waals surface area contributed by atoms with Crippen molar-refractivity contribution in [2.75, 3.05) is 5.32 Å². The predicted molar refractivity (Wildman–Crippen MR) is 78.5 cm³/mol. The molecule has 0 aliphatic carbocycles. The van der Waals surface area contributed by atoms with Crippen molar-refractivity contribution in [1.82, 2.24) is 9.78 Å². The molecule has 2 rings (SSSR count). The molecule has 0 unspecified atom stereocenters. The van der Waals surface area contributed by atoms with Gasteiger partial charge in [0.15, 0.2) is 0 Å². The van der Waals surface area contributed by atoms with Gasteiger partial charge in [0.25, 0.3) is 0 Å². The molecule has 0 fully saturated rings. The number of thiocarbonyl (C=S) groups is 1. The Morgan fingerprint density at radius 1 is 1.43 bits per heavy atom. The Morgan fingerprint density at radius 3 is 2.67 bits per heavy atom. The van der Waals surface area contributed by atoms with E-state index < -0.39 is 11.7 Å². The Labute approximate surface area is 124 Å². The lowest BCUT2D eigenvalue weighted by molar-refractivity contribution is -0.137. The summed E-state index contributed by atoms with van der Waals surface area (Å²) in [6.07, 6.45) is -1.13. The van der Waals surface area contributed by atoms with Gasteiger partial charge < -0.3 is 11.1 Å². The number of anilines is 2. The number of alkyl halides is 3. The van der Waals surface area contributed by atoms with Gasteiger partial charge in [0.1, 0.15) is 4.99 Å². The average molecular weight is 314 g/mol. The van der Waals surface area contributed by atoms with E-state index in [1.165, 1.54) is 6.07 Å². The molecule has 112 valence electrons. The zero-order valence-electron chi connectivity index (χ0n) is 11.1. The highest BCUT2D eigenvalue weighted by Crippen LogP contribution is 2.32. The minimum Gasteiger partial charge on any atom is -0.389 e. The number of aromatic nitrogens is 2. The van der Waals surface area contributed by atoms with Crippen LogP contribution in [-0.4, -0.2) is 14.8 Å². The largest absolute Gasteiger partial charge is 0.416 e. The van der Waals surface area contributed by atoms with Crippen LogP contribution in [0.4, 0.5) is 24.5 Å². The summed E-state index contributed by atoms with van der Waals surface area (Å²) in [6, 6.07) is 3.23. The Kier molecular flexibility index (Phi) is 4.17. The van der Waals surface area contributed by atoms with Crippen LogP contribution in [0.1, 0.15) is 18.1 Å².